The molecular formula is C42H58FeN2P2. The van der Waals surface area contributed by atoms with Crippen molar-refractivity contribution in [3.05, 3.63) is 71.8 Å². The van der Waals surface area contributed by atoms with Crippen molar-refractivity contribution in [2.45, 2.75) is 154 Å². The molecule has 2 aromatic rings. The molecule has 5 heteroatoms. The first kappa shape index (κ1) is 27.4. The van der Waals surface area contributed by atoms with Crippen molar-refractivity contribution in [1.82, 2.24) is 10.6 Å². The van der Waals surface area contributed by atoms with Crippen molar-refractivity contribution in [1.29, 1.82) is 0 Å². The normalized spacial score (nSPS) is 64.7. The second-order valence-corrected chi connectivity index (χ2v) is 50.1. The molecule has 0 aromatic heterocycles. The maximum absolute atomic E-state index is 4.65. The van der Waals surface area contributed by atoms with Crippen LogP contribution in [0.1, 0.15) is 91.2 Å². The second-order valence-electron chi connectivity index (χ2n) is 22.6. The Hall–Kier alpha value is -0.261. The zero-order valence-corrected chi connectivity index (χ0v) is 32.8. The molecule has 12 aliphatic rings. The molecule has 2 nitrogen and oxygen atoms in total. The van der Waals surface area contributed by atoms with E-state index in [0.29, 0.717) is 44.8 Å². The molecule has 12 saturated heterocycles. The minimum atomic E-state index is -4.65. The van der Waals surface area contributed by atoms with Gasteiger partial charge in [0.1, 0.15) is 0 Å². The van der Waals surface area contributed by atoms with Crippen LogP contribution in [-0.4, -0.2) is 46.8 Å². The summed E-state index contributed by atoms with van der Waals surface area (Å²) < 4.78 is 2.28. The number of hydrogen-bond donors (Lipinski definition) is 2. The molecule has 0 radical (unpaired) electrons. The molecule has 12 heterocycles. The van der Waals surface area contributed by atoms with Crippen molar-refractivity contribution in [2.24, 2.45) is 0 Å². The van der Waals surface area contributed by atoms with Crippen LogP contribution in [0, 0.1) is 0 Å². The van der Waals surface area contributed by atoms with Crippen LogP contribution >= 0.6 is 17.2 Å². The zero-order valence-electron chi connectivity index (χ0n) is 29.6. The van der Waals surface area contributed by atoms with Gasteiger partial charge in [0, 0.05) is 0 Å². The molecule has 8 unspecified atom stereocenters. The van der Waals surface area contributed by atoms with Crippen LogP contribution in [0.25, 0.3) is 0 Å². The molecular weight excluding hydrogens is 650 g/mol. The number of nitrogens with one attached hydrogen (secondary N) is 2. The average molecular weight is 709 g/mol. The van der Waals surface area contributed by atoms with Crippen LogP contribution in [-0.2, 0) is 15.1 Å². The number of rotatable bonds is 7. The monoisotopic (exact) mass is 708 g/mol. The molecule has 2 N–H and O–H groups in total. The van der Waals surface area contributed by atoms with Gasteiger partial charge in [-0.15, -0.1) is 0 Å². The topological polar surface area (TPSA) is 24.1 Å². The molecule has 12 aliphatic heterocycles. The van der Waals surface area contributed by atoms with Gasteiger partial charge in [0.05, 0.1) is 0 Å². The third-order valence-electron chi connectivity index (χ3n) is 24.3. The summed E-state index contributed by atoms with van der Waals surface area (Å²) in [6.45, 7) is 13.8. The van der Waals surface area contributed by atoms with Gasteiger partial charge in [-0.05, 0) is 0 Å². The van der Waals surface area contributed by atoms with E-state index in [0.717, 1.165) is 4.82 Å². The Kier molecular flexibility index (Phi) is 2.69. The molecule has 0 saturated carbocycles. The first-order chi connectivity index (χ1) is 22.2. The van der Waals surface area contributed by atoms with Crippen LogP contribution in [0.2, 0.25) is 37.5 Å². The zero-order chi connectivity index (χ0) is 32.0. The van der Waals surface area contributed by atoms with E-state index in [9.17, 15) is 0 Å². The fourth-order valence-electron chi connectivity index (χ4n) is 27.4. The van der Waals surface area contributed by atoms with Crippen LogP contribution in [0.4, 0.5) is 0 Å². The summed E-state index contributed by atoms with van der Waals surface area (Å²) in [5, 5.41) is 9.80. The Bertz CT molecular complexity index is 2160. The molecule has 2 aromatic carbocycles. The van der Waals surface area contributed by atoms with Gasteiger partial charge in [0.2, 0.25) is 0 Å². The van der Waals surface area contributed by atoms with Gasteiger partial charge in [-0.2, -0.15) is 0 Å². The third-order valence-corrected chi connectivity index (χ3v) is 74.5. The summed E-state index contributed by atoms with van der Waals surface area (Å²) in [5.41, 5.74) is 3.73. The first-order valence-electron chi connectivity index (χ1n) is 19.6. The predicted octanol–water partition coefficient (Wildman–Crippen LogP) is 10.3. The van der Waals surface area contributed by atoms with Crippen LogP contribution in [0.3, 0.4) is 0 Å². The quantitative estimate of drug-likeness (QED) is 0.221. The van der Waals surface area contributed by atoms with E-state index in [1.54, 1.807) is 6.16 Å². The van der Waals surface area contributed by atoms with E-state index >= 15 is 0 Å². The summed E-state index contributed by atoms with van der Waals surface area (Å²) in [6.07, 6.45) is 9.98. The number of piperidine rings is 2. The van der Waals surface area contributed by atoms with Gasteiger partial charge in [-0.3, -0.25) is 0 Å². The summed E-state index contributed by atoms with van der Waals surface area (Å²) in [7, 11) is 3.80. The molecule has 254 valence electrons. The predicted molar refractivity (Wildman–Crippen MR) is 199 cm³/mol. The van der Waals surface area contributed by atoms with Gasteiger partial charge in [-0.25, -0.2) is 0 Å². The SMILES string of the molecule is CC(C)(C)P(C[C]12[C]3(c4ccccc4)[C]4(c5ccccc5)[CH]5[C]1(C(P)(C1CCCCN1)C1CCCCN1)[Fe]54231678[CH]2[CH]1[CH]6[CH]7[CH]28)C(C)(C)C. The Labute approximate surface area is 277 Å². The number of benzene rings is 2. The van der Waals surface area contributed by atoms with Crippen LogP contribution < -0.4 is 10.6 Å². The minimum absolute atomic E-state index is 0.191. The average Bonchev–Trinajstić information content (AvgIpc) is 4.02. The van der Waals surface area contributed by atoms with E-state index < -0.39 is 6.51 Å². The fraction of sp³-hybridized carbons (Fsp3) is 0.714. The van der Waals surface area contributed by atoms with Gasteiger partial charge < -0.3 is 0 Å². The molecule has 0 aliphatic carbocycles. The molecule has 0 amide bonds. The van der Waals surface area contributed by atoms with E-state index in [1.807, 2.05) is 11.1 Å². The summed E-state index contributed by atoms with van der Waals surface area (Å²) in [4.78, 5) is 6.94. The van der Waals surface area contributed by atoms with Crippen LogP contribution in [0.15, 0.2) is 60.7 Å². The van der Waals surface area contributed by atoms with Crippen molar-refractivity contribution < 1.29 is 6.51 Å². The van der Waals surface area contributed by atoms with E-state index in [-0.39, 0.29) is 7.92 Å². The van der Waals surface area contributed by atoms with E-state index in [2.05, 4.69) is 122 Å². The van der Waals surface area contributed by atoms with E-state index in [1.165, 1.54) is 75.7 Å². The molecule has 8 atom stereocenters. The van der Waals surface area contributed by atoms with Gasteiger partial charge >= 0.3 is 279 Å². The van der Waals surface area contributed by atoms with Crippen molar-refractivity contribution in [3.8, 4) is 0 Å². The Morgan fingerprint density at radius 2 is 1.17 bits per heavy atom. The molecule has 1 spiro atoms. The first-order valence-corrected chi connectivity index (χ1v) is 27.7. The molecule has 47 heavy (non-hydrogen) atoms. The van der Waals surface area contributed by atoms with Gasteiger partial charge in [0.15, 0.2) is 0 Å². The Morgan fingerprint density at radius 3 is 1.57 bits per heavy atom. The van der Waals surface area contributed by atoms with Crippen molar-refractivity contribution >= 4 is 17.2 Å². The maximum atomic E-state index is 4.39. The summed E-state index contributed by atoms with van der Waals surface area (Å²) >= 11 is 0. The second kappa shape index (κ2) is 4.62. The van der Waals surface area contributed by atoms with Crippen molar-refractivity contribution in [3.63, 3.8) is 0 Å². The summed E-state index contributed by atoms with van der Waals surface area (Å²) in [5.74, 6) is 0. The molecule has 12 fully saturated rings. The van der Waals surface area contributed by atoms with Crippen LogP contribution in [0.5, 0.6) is 0 Å². The number of fused-ring (bicyclic) bond motifs is 10. The Morgan fingerprint density at radius 1 is 0.702 bits per heavy atom. The standard InChI is InChI=1S/C37H53N2P2.C5H5.Fe/c1-35(2,3)41(36(4,5)6)26-30-31(37(40,32-21-13-15-23-38-32)33-22-14-16-24-39-33)25-29(27-17-9-7-10-18-27)34(30)28-19-11-8-12-20-28;1-2-4-5-3-1;/h7-12,17-20,25,32-33,38-39H,13-16,21-24,26,40H2,1-6H3;1-5H;. The van der Waals surface area contributed by atoms with Crippen molar-refractivity contribution in [2.75, 3.05) is 19.3 Å². The molecule has 0 bridgehead atoms. The number of hydrogen-bond acceptors (Lipinski definition) is 2. The Balaban J connectivity index is 1.16. The third kappa shape index (κ3) is 0.772. The fourth-order valence-corrected chi connectivity index (χ4v) is 119. The van der Waals surface area contributed by atoms with Gasteiger partial charge in [-0.1, -0.05) is 0 Å². The molecule has 14 rings (SSSR count). The van der Waals surface area contributed by atoms with Gasteiger partial charge in [0.25, 0.3) is 0 Å². The summed E-state index contributed by atoms with van der Waals surface area (Å²) in [6, 6.07) is 26.7. The van der Waals surface area contributed by atoms with E-state index in [4.69, 9.17) is 0 Å².